The molecule has 0 aliphatic heterocycles. The number of pyridine rings is 1. The third-order valence-electron chi connectivity index (χ3n) is 5.09. The quantitative estimate of drug-likeness (QED) is 0.430. The van der Waals surface area contributed by atoms with E-state index in [0.717, 1.165) is 35.9 Å². The number of nitrogens with one attached hydrogen (secondary N) is 3. The number of carbonyl (C=O) groups excluding carboxylic acids is 1. The zero-order valence-corrected chi connectivity index (χ0v) is 18.5. The van der Waals surface area contributed by atoms with E-state index in [-0.39, 0.29) is 5.91 Å². The second-order valence-electron chi connectivity index (χ2n) is 8.02. The second-order valence-corrected chi connectivity index (χ2v) is 8.02. The molecule has 2 rings (SSSR count). The van der Waals surface area contributed by atoms with Crippen LogP contribution >= 0.6 is 0 Å². The molecule has 0 saturated carbocycles. The maximum Gasteiger partial charge on any atom is 0.256 e. The lowest BCUT2D eigenvalue weighted by Gasteiger charge is -2.22. The Kier molecular flexibility index (Phi) is 8.86. The lowest BCUT2D eigenvalue weighted by molar-refractivity contribution is 0.0942. The van der Waals surface area contributed by atoms with Crippen LogP contribution in [-0.2, 0) is 0 Å². The number of aromatic nitrogens is 1. The molecule has 0 aliphatic rings. The minimum atomic E-state index is -0.419. The van der Waals surface area contributed by atoms with E-state index >= 15 is 0 Å². The van der Waals surface area contributed by atoms with Crippen molar-refractivity contribution in [2.75, 3.05) is 11.9 Å². The van der Waals surface area contributed by atoms with E-state index in [1.165, 1.54) is 12.8 Å². The third-order valence-corrected chi connectivity index (χ3v) is 5.09. The van der Waals surface area contributed by atoms with E-state index in [4.69, 9.17) is 10.7 Å². The average molecular weight is 400 g/mol. The van der Waals surface area contributed by atoms with E-state index in [9.17, 15) is 4.79 Å². The molecule has 160 valence electrons. The van der Waals surface area contributed by atoms with Crippen molar-refractivity contribution in [3.8, 4) is 0 Å². The van der Waals surface area contributed by atoms with E-state index in [1.54, 1.807) is 6.92 Å². The molecule has 1 aromatic heterocycles. The molecule has 0 bridgehead atoms. The zero-order chi connectivity index (χ0) is 21.4. The molecule has 0 aliphatic carbocycles. The SMILES string of the molecule is CCCC(C)NC(CC)CCNc1nc2ccc(C)cc2cc1C(=O)NC(C)N. The Morgan fingerprint density at radius 1 is 1.17 bits per heavy atom. The summed E-state index contributed by atoms with van der Waals surface area (Å²) in [5.74, 6) is 0.399. The zero-order valence-electron chi connectivity index (χ0n) is 18.5. The number of benzene rings is 1. The van der Waals surface area contributed by atoms with Gasteiger partial charge >= 0.3 is 0 Å². The highest BCUT2D eigenvalue weighted by atomic mass is 16.1. The number of aryl methyl sites for hydroxylation is 1. The van der Waals surface area contributed by atoms with E-state index in [0.29, 0.717) is 23.5 Å². The lowest BCUT2D eigenvalue weighted by atomic mass is 10.1. The normalized spacial score (nSPS) is 14.4. The van der Waals surface area contributed by atoms with Gasteiger partial charge in [-0.1, -0.05) is 31.9 Å². The second kappa shape index (κ2) is 11.1. The molecule has 3 unspecified atom stereocenters. The van der Waals surface area contributed by atoms with Crippen LogP contribution < -0.4 is 21.7 Å². The fourth-order valence-electron chi connectivity index (χ4n) is 3.58. The number of nitrogens with zero attached hydrogens (tertiary/aromatic N) is 1. The molecule has 2 aromatic rings. The fraction of sp³-hybridized carbons (Fsp3) is 0.565. The average Bonchev–Trinajstić information content (AvgIpc) is 2.66. The first-order chi connectivity index (χ1) is 13.8. The summed E-state index contributed by atoms with van der Waals surface area (Å²) in [6.45, 7) is 11.2. The number of anilines is 1. The maximum absolute atomic E-state index is 12.7. The van der Waals surface area contributed by atoms with Gasteiger partial charge in [-0.05, 0) is 58.2 Å². The van der Waals surface area contributed by atoms with Crippen molar-refractivity contribution in [2.24, 2.45) is 5.73 Å². The number of hydrogen-bond acceptors (Lipinski definition) is 5. The van der Waals surface area contributed by atoms with Crippen LogP contribution in [0.15, 0.2) is 24.3 Å². The van der Waals surface area contributed by atoms with Crippen LogP contribution in [0.1, 0.15) is 69.3 Å². The first kappa shape index (κ1) is 23.1. The maximum atomic E-state index is 12.7. The van der Waals surface area contributed by atoms with Gasteiger partial charge in [0.15, 0.2) is 0 Å². The number of amides is 1. The van der Waals surface area contributed by atoms with Gasteiger partial charge in [-0.3, -0.25) is 4.79 Å². The van der Waals surface area contributed by atoms with E-state index in [1.807, 2.05) is 31.2 Å². The summed E-state index contributed by atoms with van der Waals surface area (Å²) in [6, 6.07) is 8.92. The Balaban J connectivity index is 2.16. The summed E-state index contributed by atoms with van der Waals surface area (Å²) in [5, 5.41) is 10.8. The molecule has 0 fully saturated rings. The molecule has 6 nitrogen and oxygen atoms in total. The van der Waals surface area contributed by atoms with Crippen LogP contribution in [0.4, 0.5) is 5.82 Å². The van der Waals surface area contributed by atoms with Crippen LogP contribution in [0.25, 0.3) is 10.9 Å². The smallest absolute Gasteiger partial charge is 0.256 e. The largest absolute Gasteiger partial charge is 0.369 e. The van der Waals surface area contributed by atoms with Gasteiger partial charge in [0.25, 0.3) is 5.91 Å². The molecule has 5 N–H and O–H groups in total. The van der Waals surface area contributed by atoms with E-state index < -0.39 is 6.17 Å². The first-order valence-corrected chi connectivity index (χ1v) is 10.8. The number of rotatable bonds is 11. The summed E-state index contributed by atoms with van der Waals surface area (Å²) < 4.78 is 0. The Labute approximate surface area is 175 Å². The van der Waals surface area contributed by atoms with Crippen molar-refractivity contribution >= 4 is 22.6 Å². The molecule has 0 saturated heterocycles. The van der Waals surface area contributed by atoms with Crippen molar-refractivity contribution in [3.63, 3.8) is 0 Å². The Morgan fingerprint density at radius 3 is 2.59 bits per heavy atom. The minimum absolute atomic E-state index is 0.208. The van der Waals surface area contributed by atoms with Crippen LogP contribution in [0.3, 0.4) is 0 Å². The van der Waals surface area contributed by atoms with Crippen molar-refractivity contribution in [1.29, 1.82) is 0 Å². The highest BCUT2D eigenvalue weighted by Gasteiger charge is 2.16. The number of nitrogens with two attached hydrogens (primary N) is 1. The van der Waals surface area contributed by atoms with Gasteiger partial charge in [-0.25, -0.2) is 4.98 Å². The minimum Gasteiger partial charge on any atom is -0.369 e. The molecular weight excluding hydrogens is 362 g/mol. The van der Waals surface area contributed by atoms with Gasteiger partial charge < -0.3 is 21.7 Å². The summed E-state index contributed by atoms with van der Waals surface area (Å²) in [7, 11) is 0. The van der Waals surface area contributed by atoms with E-state index in [2.05, 4.69) is 36.7 Å². The highest BCUT2D eigenvalue weighted by molar-refractivity contribution is 6.02. The Bertz CT molecular complexity index is 805. The predicted octanol–water partition coefficient (Wildman–Crippen LogP) is 3.94. The number of carbonyl (C=O) groups is 1. The van der Waals surface area contributed by atoms with Crippen molar-refractivity contribution < 1.29 is 4.79 Å². The topological polar surface area (TPSA) is 92.1 Å². The van der Waals surface area contributed by atoms with Crippen LogP contribution in [0.2, 0.25) is 0 Å². The molecule has 1 amide bonds. The molecular formula is C23H37N5O. The van der Waals surface area contributed by atoms with Gasteiger partial charge in [-0.2, -0.15) is 0 Å². The van der Waals surface area contributed by atoms with Gasteiger partial charge in [0.1, 0.15) is 5.82 Å². The summed E-state index contributed by atoms with van der Waals surface area (Å²) >= 11 is 0. The lowest BCUT2D eigenvalue weighted by Crippen LogP contribution is -2.39. The van der Waals surface area contributed by atoms with Crippen molar-refractivity contribution in [2.45, 2.75) is 78.6 Å². The van der Waals surface area contributed by atoms with Gasteiger partial charge in [0, 0.05) is 24.0 Å². The fourth-order valence-corrected chi connectivity index (χ4v) is 3.58. The molecule has 1 heterocycles. The van der Waals surface area contributed by atoms with Crippen LogP contribution in [0, 0.1) is 6.92 Å². The molecule has 0 spiro atoms. The molecule has 29 heavy (non-hydrogen) atoms. The number of fused-ring (bicyclic) bond motifs is 1. The standard InChI is InChI=1S/C23H37N5O/c1-6-8-16(4)26-19(7-2)11-12-25-22-20(23(29)27-17(5)24)14-18-13-15(3)9-10-21(18)28-22/h9-10,13-14,16-17,19,26H,6-8,11-12,24H2,1-5H3,(H,25,28)(H,27,29). The van der Waals surface area contributed by atoms with Gasteiger partial charge in [0.05, 0.1) is 17.2 Å². The van der Waals surface area contributed by atoms with Crippen molar-refractivity contribution in [3.05, 3.63) is 35.4 Å². The summed E-state index contributed by atoms with van der Waals surface area (Å²) in [4.78, 5) is 17.4. The van der Waals surface area contributed by atoms with Gasteiger partial charge in [0.2, 0.25) is 0 Å². The summed E-state index contributed by atoms with van der Waals surface area (Å²) in [6.07, 6.45) is 3.97. The van der Waals surface area contributed by atoms with Crippen LogP contribution in [0.5, 0.6) is 0 Å². The molecule has 1 aromatic carbocycles. The molecule has 0 radical (unpaired) electrons. The Hall–Kier alpha value is -2.18. The number of hydrogen-bond donors (Lipinski definition) is 4. The first-order valence-electron chi connectivity index (χ1n) is 10.8. The monoisotopic (exact) mass is 399 g/mol. The predicted molar refractivity (Wildman–Crippen MR) is 122 cm³/mol. The molecule has 3 atom stereocenters. The van der Waals surface area contributed by atoms with Crippen molar-refractivity contribution in [1.82, 2.24) is 15.6 Å². The van der Waals surface area contributed by atoms with Gasteiger partial charge in [-0.15, -0.1) is 0 Å². The molecule has 6 heteroatoms. The Morgan fingerprint density at radius 2 is 1.93 bits per heavy atom. The van der Waals surface area contributed by atoms with Crippen LogP contribution in [-0.4, -0.2) is 35.7 Å². The summed E-state index contributed by atoms with van der Waals surface area (Å²) in [5.41, 5.74) is 8.30. The highest BCUT2D eigenvalue weighted by Crippen LogP contribution is 2.22. The third kappa shape index (κ3) is 6.98.